The number of hydrogen-bond acceptors (Lipinski definition) is 4. The Morgan fingerprint density at radius 2 is 1.82 bits per heavy atom. The molecule has 0 aliphatic rings. The topological polar surface area (TPSA) is 94.3 Å². The third-order valence-corrected chi connectivity index (χ3v) is 4.65. The summed E-state index contributed by atoms with van der Waals surface area (Å²) in [5.41, 5.74) is 7.74. The van der Waals surface area contributed by atoms with Crippen LogP contribution in [0.25, 0.3) is 27.8 Å². The van der Waals surface area contributed by atoms with Gasteiger partial charge in [-0.3, -0.25) is 4.79 Å². The number of halogens is 2. The van der Waals surface area contributed by atoms with Gasteiger partial charge in [-0.05, 0) is 19.9 Å². The molecular formula is C20H15F2N3O3. The maximum atomic E-state index is 14.1. The average molecular weight is 383 g/mol. The molecule has 2 heterocycles. The fourth-order valence-corrected chi connectivity index (χ4v) is 3.50. The van der Waals surface area contributed by atoms with Crippen molar-refractivity contribution in [1.82, 2.24) is 9.72 Å². The van der Waals surface area contributed by atoms with Gasteiger partial charge in [0.25, 0.3) is 5.91 Å². The lowest BCUT2D eigenvalue weighted by Crippen LogP contribution is -2.13. The number of fused-ring (bicyclic) bond motifs is 1. The summed E-state index contributed by atoms with van der Waals surface area (Å²) in [5, 5.41) is 13.9. The minimum atomic E-state index is -1.13. The smallest absolute Gasteiger partial charge is 0.251 e. The number of nitrogens with zero attached hydrogens (tertiary/aromatic N) is 2. The molecule has 4 rings (SSSR count). The number of carbonyl (C=O) groups excluding carboxylic acids is 1. The van der Waals surface area contributed by atoms with Gasteiger partial charge in [0.2, 0.25) is 0 Å². The lowest BCUT2D eigenvalue weighted by molar-refractivity contribution is 0.100. The van der Waals surface area contributed by atoms with E-state index in [0.29, 0.717) is 33.6 Å². The Balaban J connectivity index is 2.23. The first-order chi connectivity index (χ1) is 13.3. The molecule has 0 atom stereocenters. The van der Waals surface area contributed by atoms with Gasteiger partial charge in [0.05, 0.1) is 33.7 Å². The predicted molar refractivity (Wildman–Crippen MR) is 98.3 cm³/mol. The molecule has 0 saturated heterocycles. The first-order valence-electron chi connectivity index (χ1n) is 8.36. The maximum absolute atomic E-state index is 14.1. The minimum absolute atomic E-state index is 0.0755. The molecule has 0 fully saturated rings. The molecule has 6 nitrogen and oxygen atoms in total. The Kier molecular flexibility index (Phi) is 3.92. The molecule has 0 spiro atoms. The number of nitrogens with two attached hydrogens (primary N) is 1. The van der Waals surface area contributed by atoms with Gasteiger partial charge in [-0.15, -0.1) is 0 Å². The number of para-hydroxylation sites is 1. The Hall–Kier alpha value is -3.68. The maximum Gasteiger partial charge on any atom is 0.251 e. The van der Waals surface area contributed by atoms with Gasteiger partial charge in [-0.2, -0.15) is 0 Å². The lowest BCUT2D eigenvalue weighted by atomic mass is 10.0. The fourth-order valence-electron chi connectivity index (χ4n) is 3.50. The number of aryl methyl sites for hydroxylation is 2. The van der Waals surface area contributed by atoms with Crippen LogP contribution in [-0.4, -0.2) is 20.7 Å². The summed E-state index contributed by atoms with van der Waals surface area (Å²) in [6.07, 6.45) is 0. The van der Waals surface area contributed by atoms with Crippen molar-refractivity contribution in [2.24, 2.45) is 5.73 Å². The first-order valence-corrected chi connectivity index (χ1v) is 8.36. The second kappa shape index (κ2) is 6.19. The molecule has 0 aliphatic carbocycles. The monoisotopic (exact) mass is 383 g/mol. The quantitative estimate of drug-likeness (QED) is 0.559. The number of hydrogen-bond donors (Lipinski definition) is 2. The molecule has 3 N–H and O–H groups in total. The summed E-state index contributed by atoms with van der Waals surface area (Å²) < 4.78 is 34.9. The molecule has 0 bridgehead atoms. The summed E-state index contributed by atoms with van der Waals surface area (Å²) in [7, 11) is 0. The molecule has 1 amide bonds. The van der Waals surface area contributed by atoms with Crippen molar-refractivity contribution in [2.45, 2.75) is 13.8 Å². The highest BCUT2D eigenvalue weighted by Gasteiger charge is 2.28. The van der Waals surface area contributed by atoms with E-state index in [-0.39, 0.29) is 11.3 Å². The van der Waals surface area contributed by atoms with Crippen molar-refractivity contribution in [3.63, 3.8) is 0 Å². The third-order valence-electron chi connectivity index (χ3n) is 4.65. The van der Waals surface area contributed by atoms with Gasteiger partial charge in [0, 0.05) is 17.5 Å². The zero-order valence-electron chi connectivity index (χ0n) is 15.0. The van der Waals surface area contributed by atoms with E-state index < -0.39 is 23.3 Å². The van der Waals surface area contributed by atoms with Crippen LogP contribution in [0.5, 0.6) is 5.75 Å². The summed E-state index contributed by atoms with van der Waals surface area (Å²) in [4.78, 5) is 12.4. The Labute approximate surface area is 157 Å². The van der Waals surface area contributed by atoms with Crippen LogP contribution < -0.4 is 5.73 Å². The van der Waals surface area contributed by atoms with Crippen LogP contribution in [0.3, 0.4) is 0 Å². The van der Waals surface area contributed by atoms with Gasteiger partial charge in [0.1, 0.15) is 5.76 Å². The van der Waals surface area contributed by atoms with Crippen molar-refractivity contribution >= 4 is 16.8 Å². The molecule has 2 aromatic heterocycles. The second-order valence-corrected chi connectivity index (χ2v) is 6.40. The van der Waals surface area contributed by atoms with Crippen LogP contribution in [0.2, 0.25) is 0 Å². The van der Waals surface area contributed by atoms with Gasteiger partial charge in [-0.25, -0.2) is 8.78 Å². The minimum Gasteiger partial charge on any atom is -0.503 e. The highest BCUT2D eigenvalue weighted by molar-refractivity contribution is 6.13. The number of phenols is 1. The van der Waals surface area contributed by atoms with Gasteiger partial charge in [-0.1, -0.05) is 23.4 Å². The summed E-state index contributed by atoms with van der Waals surface area (Å²) in [5.74, 6) is -3.61. The zero-order valence-corrected chi connectivity index (χ0v) is 15.0. The van der Waals surface area contributed by atoms with Gasteiger partial charge < -0.3 is 19.9 Å². The highest BCUT2D eigenvalue weighted by atomic mass is 19.1. The van der Waals surface area contributed by atoms with E-state index in [4.69, 9.17) is 10.3 Å². The van der Waals surface area contributed by atoms with Crippen LogP contribution in [0.4, 0.5) is 8.78 Å². The summed E-state index contributed by atoms with van der Waals surface area (Å²) >= 11 is 0. The van der Waals surface area contributed by atoms with Crippen molar-refractivity contribution in [3.8, 4) is 22.7 Å². The Morgan fingerprint density at radius 3 is 2.39 bits per heavy atom. The fraction of sp³-hybridized carbons (Fsp3) is 0.100. The molecule has 4 aromatic rings. The van der Waals surface area contributed by atoms with Crippen LogP contribution in [0, 0.1) is 25.5 Å². The van der Waals surface area contributed by atoms with Crippen LogP contribution in [0.1, 0.15) is 21.8 Å². The molecule has 0 unspecified atom stereocenters. The van der Waals surface area contributed by atoms with E-state index in [2.05, 4.69) is 5.16 Å². The van der Waals surface area contributed by atoms with Crippen LogP contribution in [0.15, 0.2) is 40.9 Å². The molecule has 28 heavy (non-hydrogen) atoms. The number of amides is 1. The van der Waals surface area contributed by atoms with E-state index in [9.17, 15) is 18.7 Å². The molecule has 2 aromatic carbocycles. The summed E-state index contributed by atoms with van der Waals surface area (Å²) in [6.45, 7) is 3.36. The average Bonchev–Trinajstić information content (AvgIpc) is 3.15. The number of carbonyl (C=O) groups is 1. The van der Waals surface area contributed by atoms with E-state index in [1.54, 1.807) is 38.1 Å². The predicted octanol–water partition coefficient (Wildman–Crippen LogP) is 3.99. The molecule has 8 heteroatoms. The largest absolute Gasteiger partial charge is 0.503 e. The SMILES string of the molecule is Cc1noc(C)c1-c1c(C(N)=O)c2ccccc2n1-c1cc(F)c(O)c(F)c1. The van der Waals surface area contributed by atoms with E-state index in [0.717, 1.165) is 12.1 Å². The number of primary amides is 1. The van der Waals surface area contributed by atoms with Crippen molar-refractivity contribution < 1.29 is 23.2 Å². The van der Waals surface area contributed by atoms with Crippen molar-refractivity contribution in [2.75, 3.05) is 0 Å². The normalized spacial score (nSPS) is 11.3. The number of benzene rings is 2. The second-order valence-electron chi connectivity index (χ2n) is 6.40. The van der Waals surface area contributed by atoms with Crippen LogP contribution >= 0.6 is 0 Å². The molecule has 142 valence electrons. The zero-order chi connectivity index (χ0) is 20.2. The molecular weight excluding hydrogens is 368 g/mol. The van der Waals surface area contributed by atoms with E-state index in [1.807, 2.05) is 0 Å². The number of phenolic OH excluding ortho intramolecular Hbond substituents is 1. The summed E-state index contributed by atoms with van der Waals surface area (Å²) in [6, 6.07) is 8.82. The number of aromatic hydroxyl groups is 1. The van der Waals surface area contributed by atoms with Gasteiger partial charge in [0.15, 0.2) is 17.4 Å². The third kappa shape index (κ3) is 2.45. The van der Waals surface area contributed by atoms with Crippen molar-refractivity contribution in [3.05, 3.63) is 65.1 Å². The Bertz CT molecular complexity index is 1210. The Morgan fingerprint density at radius 1 is 1.18 bits per heavy atom. The number of rotatable bonds is 3. The van der Waals surface area contributed by atoms with Gasteiger partial charge >= 0.3 is 0 Å². The number of aromatic nitrogens is 2. The van der Waals surface area contributed by atoms with Crippen molar-refractivity contribution in [1.29, 1.82) is 0 Å². The van der Waals surface area contributed by atoms with E-state index >= 15 is 0 Å². The standard InChI is InChI=1S/C20H15F2N3O3/c1-9-16(10(2)28-24-9)18-17(20(23)27)12-5-3-4-6-15(12)25(18)11-7-13(21)19(26)14(22)8-11/h3-8,26H,1-2H3,(H2,23,27). The molecule has 0 saturated carbocycles. The van der Waals surface area contributed by atoms with Crippen LogP contribution in [-0.2, 0) is 0 Å². The first kappa shape index (κ1) is 17.7. The highest BCUT2D eigenvalue weighted by Crippen LogP contribution is 2.39. The lowest BCUT2D eigenvalue weighted by Gasteiger charge is -2.13. The molecule has 0 aliphatic heterocycles. The van der Waals surface area contributed by atoms with E-state index in [1.165, 1.54) is 4.57 Å². The molecule has 0 radical (unpaired) electrons.